The molecule has 1 aromatic rings. The molecule has 1 amide bonds. The van der Waals surface area contributed by atoms with Crippen LogP contribution in [-0.2, 0) is 16.1 Å². The van der Waals surface area contributed by atoms with E-state index in [0.29, 0.717) is 42.6 Å². The molecule has 7 heteroatoms. The minimum absolute atomic E-state index is 0.0123. The molecule has 0 atom stereocenters. The molecule has 0 aromatic heterocycles. The monoisotopic (exact) mass is 319 g/mol. The minimum Gasteiger partial charge on any atom is -0.481 e. The Balaban J connectivity index is 1.59. The summed E-state index contributed by atoms with van der Waals surface area (Å²) in [7, 11) is 0. The molecule has 0 radical (unpaired) electrons. The molecule has 124 valence electrons. The summed E-state index contributed by atoms with van der Waals surface area (Å²) in [6.45, 7) is 0.609. The van der Waals surface area contributed by atoms with E-state index in [-0.39, 0.29) is 18.4 Å². The number of fused-ring (bicyclic) bond motifs is 1. The first kappa shape index (κ1) is 15.6. The zero-order valence-electron chi connectivity index (χ0n) is 12.8. The van der Waals surface area contributed by atoms with Crippen molar-refractivity contribution in [2.24, 2.45) is 5.92 Å². The zero-order valence-corrected chi connectivity index (χ0v) is 12.8. The Morgan fingerprint density at radius 3 is 2.78 bits per heavy atom. The van der Waals surface area contributed by atoms with E-state index in [4.69, 9.17) is 15.6 Å². The highest BCUT2D eigenvalue weighted by atomic mass is 16.5. The lowest BCUT2D eigenvalue weighted by Crippen LogP contribution is -2.34. The molecule has 23 heavy (non-hydrogen) atoms. The van der Waals surface area contributed by atoms with Crippen molar-refractivity contribution in [1.82, 2.24) is 5.32 Å². The second-order valence-corrected chi connectivity index (χ2v) is 6.17. The standard InChI is InChI=1S/C16H21N3O4/c17-12-5-9(6-13-15(12)23-8-14(20)19-13)7-18-11-3-1-10(2-4-11)16(21)22/h5-6,10-11,18H,1-4,7-8,17H2,(H,19,20)(H,21,22). The van der Waals surface area contributed by atoms with E-state index in [1.807, 2.05) is 12.1 Å². The van der Waals surface area contributed by atoms with Crippen LogP contribution >= 0.6 is 0 Å². The maximum absolute atomic E-state index is 11.4. The molecule has 1 saturated carbocycles. The molecule has 1 fully saturated rings. The Morgan fingerprint density at radius 2 is 2.09 bits per heavy atom. The van der Waals surface area contributed by atoms with Crippen LogP contribution in [0.15, 0.2) is 12.1 Å². The first-order valence-corrected chi connectivity index (χ1v) is 7.84. The van der Waals surface area contributed by atoms with E-state index in [0.717, 1.165) is 18.4 Å². The number of amides is 1. The number of nitrogen functional groups attached to an aromatic ring is 1. The Bertz CT molecular complexity index is 624. The third kappa shape index (κ3) is 3.56. The van der Waals surface area contributed by atoms with Gasteiger partial charge < -0.3 is 26.2 Å². The summed E-state index contributed by atoms with van der Waals surface area (Å²) < 4.78 is 5.34. The topological polar surface area (TPSA) is 114 Å². The third-order valence-electron chi connectivity index (χ3n) is 4.47. The molecular weight excluding hydrogens is 298 g/mol. The van der Waals surface area contributed by atoms with Gasteiger partial charge in [-0.1, -0.05) is 0 Å². The lowest BCUT2D eigenvalue weighted by Gasteiger charge is -2.27. The molecule has 1 aliphatic heterocycles. The Morgan fingerprint density at radius 1 is 1.35 bits per heavy atom. The highest BCUT2D eigenvalue weighted by Crippen LogP contribution is 2.35. The number of anilines is 2. The van der Waals surface area contributed by atoms with Crippen LogP contribution in [0.1, 0.15) is 31.2 Å². The van der Waals surface area contributed by atoms with Crippen molar-refractivity contribution >= 4 is 23.3 Å². The summed E-state index contributed by atoms with van der Waals surface area (Å²) in [5.74, 6) is -0.564. The van der Waals surface area contributed by atoms with Gasteiger partial charge in [-0.3, -0.25) is 9.59 Å². The number of hydrogen-bond donors (Lipinski definition) is 4. The molecule has 7 nitrogen and oxygen atoms in total. The first-order valence-electron chi connectivity index (χ1n) is 7.84. The number of aliphatic carboxylic acids is 1. The number of carbonyl (C=O) groups excluding carboxylic acids is 1. The van der Waals surface area contributed by atoms with Gasteiger partial charge >= 0.3 is 5.97 Å². The lowest BCUT2D eigenvalue weighted by atomic mass is 9.86. The molecule has 2 aliphatic rings. The average molecular weight is 319 g/mol. The molecule has 0 bridgehead atoms. The summed E-state index contributed by atoms with van der Waals surface area (Å²) >= 11 is 0. The Labute approximate surface area is 134 Å². The fourth-order valence-corrected chi connectivity index (χ4v) is 3.20. The quantitative estimate of drug-likeness (QED) is 0.623. The predicted molar refractivity (Wildman–Crippen MR) is 85.2 cm³/mol. The van der Waals surface area contributed by atoms with Crippen LogP contribution in [-0.4, -0.2) is 29.6 Å². The number of carboxylic acid groups (broad SMARTS) is 1. The van der Waals surface area contributed by atoms with E-state index >= 15 is 0 Å². The number of carboxylic acids is 1. The van der Waals surface area contributed by atoms with Crippen LogP contribution in [0.2, 0.25) is 0 Å². The Hall–Kier alpha value is -2.28. The maximum atomic E-state index is 11.4. The zero-order chi connectivity index (χ0) is 16.4. The summed E-state index contributed by atoms with van der Waals surface area (Å²) in [5.41, 5.74) is 8.06. The molecule has 5 N–H and O–H groups in total. The molecule has 0 unspecified atom stereocenters. The second kappa shape index (κ2) is 6.45. The van der Waals surface area contributed by atoms with Crippen molar-refractivity contribution in [2.45, 2.75) is 38.3 Å². The average Bonchev–Trinajstić information content (AvgIpc) is 2.53. The van der Waals surface area contributed by atoms with E-state index in [1.165, 1.54) is 0 Å². The van der Waals surface area contributed by atoms with Gasteiger partial charge in [0, 0.05) is 12.6 Å². The van der Waals surface area contributed by atoms with Gasteiger partial charge in [0.1, 0.15) is 0 Å². The van der Waals surface area contributed by atoms with E-state index in [9.17, 15) is 9.59 Å². The SMILES string of the molecule is Nc1cc(CNC2CCC(C(=O)O)CC2)cc2c1OCC(=O)N2. The molecule has 1 aliphatic carbocycles. The lowest BCUT2D eigenvalue weighted by molar-refractivity contribution is -0.142. The van der Waals surface area contributed by atoms with Crippen LogP contribution < -0.4 is 21.1 Å². The molecule has 0 spiro atoms. The van der Waals surface area contributed by atoms with Crippen molar-refractivity contribution < 1.29 is 19.4 Å². The van der Waals surface area contributed by atoms with Gasteiger partial charge in [-0.05, 0) is 43.4 Å². The molecule has 0 saturated heterocycles. The molecule has 1 heterocycles. The third-order valence-corrected chi connectivity index (χ3v) is 4.47. The number of hydrogen-bond acceptors (Lipinski definition) is 5. The molecular formula is C16H21N3O4. The number of benzene rings is 1. The summed E-state index contributed by atoms with van der Waals surface area (Å²) in [5, 5.41) is 15.2. The van der Waals surface area contributed by atoms with Crippen LogP contribution in [0.4, 0.5) is 11.4 Å². The van der Waals surface area contributed by atoms with Crippen molar-refractivity contribution in [3.8, 4) is 5.75 Å². The largest absolute Gasteiger partial charge is 0.481 e. The number of ether oxygens (including phenoxy) is 1. The fourth-order valence-electron chi connectivity index (χ4n) is 3.20. The van der Waals surface area contributed by atoms with Gasteiger partial charge in [0.05, 0.1) is 17.3 Å². The van der Waals surface area contributed by atoms with Crippen molar-refractivity contribution in [3.63, 3.8) is 0 Å². The van der Waals surface area contributed by atoms with E-state index in [1.54, 1.807) is 0 Å². The van der Waals surface area contributed by atoms with Gasteiger partial charge in [0.15, 0.2) is 12.4 Å². The van der Waals surface area contributed by atoms with Gasteiger partial charge in [-0.2, -0.15) is 0 Å². The Kier molecular flexibility index (Phi) is 4.38. The van der Waals surface area contributed by atoms with Gasteiger partial charge in [0.2, 0.25) is 0 Å². The first-order chi connectivity index (χ1) is 11.0. The highest BCUT2D eigenvalue weighted by molar-refractivity contribution is 5.97. The number of nitrogens with two attached hydrogens (primary N) is 1. The summed E-state index contributed by atoms with van der Waals surface area (Å²) in [4.78, 5) is 22.4. The normalized spacial score (nSPS) is 23.6. The summed E-state index contributed by atoms with van der Waals surface area (Å²) in [6, 6.07) is 4.01. The van der Waals surface area contributed by atoms with Crippen molar-refractivity contribution in [3.05, 3.63) is 17.7 Å². The van der Waals surface area contributed by atoms with Crippen LogP contribution in [0, 0.1) is 5.92 Å². The van der Waals surface area contributed by atoms with Crippen LogP contribution in [0.25, 0.3) is 0 Å². The van der Waals surface area contributed by atoms with Crippen molar-refractivity contribution in [1.29, 1.82) is 0 Å². The number of carbonyl (C=O) groups is 2. The summed E-state index contributed by atoms with van der Waals surface area (Å²) in [6.07, 6.45) is 3.14. The van der Waals surface area contributed by atoms with E-state index < -0.39 is 5.97 Å². The van der Waals surface area contributed by atoms with Crippen LogP contribution in [0.5, 0.6) is 5.75 Å². The van der Waals surface area contributed by atoms with Gasteiger partial charge in [0.25, 0.3) is 5.91 Å². The number of nitrogens with one attached hydrogen (secondary N) is 2. The minimum atomic E-state index is -0.693. The fraction of sp³-hybridized carbons (Fsp3) is 0.500. The van der Waals surface area contributed by atoms with Gasteiger partial charge in [-0.15, -0.1) is 0 Å². The molecule has 3 rings (SSSR count). The maximum Gasteiger partial charge on any atom is 0.306 e. The highest BCUT2D eigenvalue weighted by Gasteiger charge is 2.25. The van der Waals surface area contributed by atoms with E-state index in [2.05, 4.69) is 10.6 Å². The number of rotatable bonds is 4. The smallest absolute Gasteiger partial charge is 0.306 e. The molecule has 1 aromatic carbocycles. The van der Waals surface area contributed by atoms with Crippen molar-refractivity contribution in [2.75, 3.05) is 17.7 Å². The van der Waals surface area contributed by atoms with Gasteiger partial charge in [-0.25, -0.2) is 0 Å². The predicted octanol–water partition coefficient (Wildman–Crippen LogP) is 1.33. The second-order valence-electron chi connectivity index (χ2n) is 6.17. The van der Waals surface area contributed by atoms with Crippen LogP contribution in [0.3, 0.4) is 0 Å².